The fraction of sp³-hybridized carbons (Fsp3) is 0.304. The van der Waals surface area contributed by atoms with Crippen molar-refractivity contribution in [1.82, 2.24) is 14.7 Å². The fourth-order valence-corrected chi connectivity index (χ4v) is 4.90. The largest absolute Gasteiger partial charge is 0.496 e. The molecule has 2 aliphatic rings. The van der Waals surface area contributed by atoms with Crippen LogP contribution in [0, 0.1) is 13.5 Å². The molecular weight excluding hydrogens is 384 g/mol. The van der Waals surface area contributed by atoms with Crippen LogP contribution >= 0.6 is 11.6 Å². The van der Waals surface area contributed by atoms with E-state index in [0.29, 0.717) is 17.9 Å². The highest BCUT2D eigenvalue weighted by Gasteiger charge is 2.53. The first-order valence-electron chi connectivity index (χ1n) is 9.67. The van der Waals surface area contributed by atoms with E-state index in [9.17, 15) is 0 Å². The van der Waals surface area contributed by atoms with Crippen molar-refractivity contribution >= 4 is 11.6 Å². The highest BCUT2D eigenvalue weighted by molar-refractivity contribution is 6.32. The molecule has 0 amide bonds. The third kappa shape index (κ3) is 2.67. The Bertz CT molecular complexity index is 1160. The molecule has 29 heavy (non-hydrogen) atoms. The summed E-state index contributed by atoms with van der Waals surface area (Å²) >= 11 is 6.39. The predicted molar refractivity (Wildman–Crippen MR) is 112 cm³/mol. The molecule has 0 spiro atoms. The number of aromatic nitrogens is 2. The van der Waals surface area contributed by atoms with Crippen LogP contribution in [0.4, 0.5) is 0 Å². The molecule has 146 valence electrons. The number of halogens is 1. The van der Waals surface area contributed by atoms with Gasteiger partial charge < -0.3 is 4.74 Å². The average molecular weight is 405 g/mol. The van der Waals surface area contributed by atoms with Crippen LogP contribution in [0.2, 0.25) is 5.02 Å². The van der Waals surface area contributed by atoms with Crippen LogP contribution in [0.1, 0.15) is 28.1 Å². The van der Waals surface area contributed by atoms with Crippen molar-refractivity contribution in [1.29, 1.82) is 0 Å². The van der Waals surface area contributed by atoms with Crippen molar-refractivity contribution in [2.24, 2.45) is 0 Å². The van der Waals surface area contributed by atoms with Gasteiger partial charge >= 0.3 is 0 Å². The van der Waals surface area contributed by atoms with Gasteiger partial charge in [0.2, 0.25) is 0 Å². The first-order chi connectivity index (χ1) is 14.1. The Morgan fingerprint density at radius 3 is 2.66 bits per heavy atom. The first kappa shape index (κ1) is 18.2. The van der Waals surface area contributed by atoms with E-state index in [2.05, 4.69) is 22.7 Å². The van der Waals surface area contributed by atoms with Crippen molar-refractivity contribution in [3.05, 3.63) is 87.0 Å². The molecule has 1 aromatic heterocycles. The second-order valence-corrected chi connectivity index (χ2v) is 8.18. The number of methoxy groups -OCH3 is 1. The molecule has 0 saturated carbocycles. The summed E-state index contributed by atoms with van der Waals surface area (Å²) in [5.41, 5.74) is 5.97. The Labute approximate surface area is 175 Å². The molecule has 6 heteroatoms. The van der Waals surface area contributed by atoms with Crippen LogP contribution in [0.5, 0.6) is 5.75 Å². The number of hydrogen-bond acceptors (Lipinski definition) is 3. The lowest BCUT2D eigenvalue weighted by Crippen LogP contribution is -2.44. The van der Waals surface area contributed by atoms with Crippen molar-refractivity contribution in [3.8, 4) is 11.4 Å². The quantitative estimate of drug-likeness (QED) is 0.599. The second-order valence-electron chi connectivity index (χ2n) is 7.78. The Kier molecular flexibility index (Phi) is 4.16. The summed E-state index contributed by atoms with van der Waals surface area (Å²) in [5, 5.41) is 5.53. The van der Waals surface area contributed by atoms with E-state index in [-0.39, 0.29) is 0 Å². The molecule has 0 saturated heterocycles. The summed E-state index contributed by atoms with van der Waals surface area (Å²) in [6.07, 6.45) is 1.30. The lowest BCUT2D eigenvalue weighted by molar-refractivity contribution is 0.133. The summed E-state index contributed by atoms with van der Waals surface area (Å²) in [6, 6.07) is 13.9. The maximum Gasteiger partial charge on any atom is 0.298 e. The smallest absolute Gasteiger partial charge is 0.298 e. The number of rotatable bonds is 3. The third-order valence-corrected chi connectivity index (χ3v) is 6.59. The van der Waals surface area contributed by atoms with Gasteiger partial charge in [0.15, 0.2) is 0 Å². The number of hydrogen-bond donors (Lipinski definition) is 0. The Balaban J connectivity index is 1.48. The molecule has 5 nitrogen and oxygen atoms in total. The van der Waals surface area contributed by atoms with E-state index in [4.69, 9.17) is 28.0 Å². The second kappa shape index (κ2) is 6.62. The normalized spacial score (nSPS) is 20.3. The third-order valence-electron chi connectivity index (χ3n) is 6.27. The lowest BCUT2D eigenvalue weighted by Gasteiger charge is -2.27. The van der Waals surface area contributed by atoms with Gasteiger partial charge in [-0.3, -0.25) is 4.85 Å². The lowest BCUT2D eigenvalue weighted by atomic mass is 10.1. The Hall–Kier alpha value is -2.81. The summed E-state index contributed by atoms with van der Waals surface area (Å²) in [4.78, 5) is 6.43. The predicted octanol–water partition coefficient (Wildman–Crippen LogP) is 4.57. The van der Waals surface area contributed by atoms with E-state index in [1.807, 2.05) is 41.1 Å². The highest BCUT2D eigenvalue weighted by Crippen LogP contribution is 2.43. The molecule has 5 rings (SSSR count). The zero-order valence-electron chi connectivity index (χ0n) is 16.4. The van der Waals surface area contributed by atoms with Gasteiger partial charge in [-0.2, -0.15) is 5.10 Å². The van der Waals surface area contributed by atoms with E-state index in [0.717, 1.165) is 35.9 Å². The van der Waals surface area contributed by atoms with Crippen LogP contribution in [0.25, 0.3) is 10.5 Å². The van der Waals surface area contributed by atoms with Crippen LogP contribution in [-0.4, -0.2) is 27.5 Å². The van der Waals surface area contributed by atoms with Crippen LogP contribution in [0.15, 0.2) is 42.5 Å². The van der Waals surface area contributed by atoms with Crippen LogP contribution in [0.3, 0.4) is 0 Å². The minimum Gasteiger partial charge on any atom is -0.496 e. The highest BCUT2D eigenvalue weighted by atomic mass is 35.5. The minimum atomic E-state index is -0.591. The summed E-state index contributed by atoms with van der Waals surface area (Å²) in [6.45, 7) is 11.6. The zero-order chi connectivity index (χ0) is 20.2. The number of benzene rings is 2. The van der Waals surface area contributed by atoms with Crippen molar-refractivity contribution in [2.75, 3.05) is 7.11 Å². The van der Waals surface area contributed by atoms with Crippen molar-refractivity contribution < 1.29 is 4.74 Å². The van der Waals surface area contributed by atoms with Gasteiger partial charge in [-0.15, -0.1) is 0 Å². The molecule has 0 radical (unpaired) electrons. The Morgan fingerprint density at radius 1 is 1.10 bits per heavy atom. The fourth-order valence-electron chi connectivity index (χ4n) is 4.69. The van der Waals surface area contributed by atoms with Gasteiger partial charge in [0.1, 0.15) is 5.75 Å². The van der Waals surface area contributed by atoms with E-state index >= 15 is 0 Å². The van der Waals surface area contributed by atoms with Gasteiger partial charge in [-0.25, -0.2) is 16.2 Å². The molecule has 0 fully saturated rings. The molecule has 1 unspecified atom stereocenters. The maximum atomic E-state index is 8.05. The van der Waals surface area contributed by atoms with Crippen LogP contribution < -0.4 is 4.74 Å². The minimum absolute atomic E-state index is 0.591. The zero-order valence-corrected chi connectivity index (χ0v) is 17.2. The molecule has 0 N–H and O–H groups in total. The van der Waals surface area contributed by atoms with Gasteiger partial charge in [0.05, 0.1) is 36.4 Å². The molecule has 1 aliphatic heterocycles. The van der Waals surface area contributed by atoms with Gasteiger partial charge in [-0.1, -0.05) is 35.9 Å². The van der Waals surface area contributed by atoms with E-state index < -0.39 is 5.66 Å². The Morgan fingerprint density at radius 2 is 1.93 bits per heavy atom. The molecule has 2 aromatic carbocycles. The monoisotopic (exact) mass is 404 g/mol. The van der Waals surface area contributed by atoms with Crippen molar-refractivity contribution in [3.63, 3.8) is 0 Å². The molecule has 0 bridgehead atoms. The average Bonchev–Trinajstić information content (AvgIpc) is 3.41. The van der Waals surface area contributed by atoms with E-state index in [1.54, 1.807) is 7.11 Å². The number of fused-ring (bicyclic) bond motifs is 2. The number of para-hydroxylation sites is 1. The topological polar surface area (TPSA) is 34.7 Å². The van der Waals surface area contributed by atoms with Gasteiger partial charge in [0, 0.05) is 29.9 Å². The standard InChI is InChI=1S/C23H21ClN4O/c1-15-17-11-23(25-2,27-13-16-7-6-10-22(29-3)18(16)14-27)12-20(17)26-28(15)21-9-5-4-8-19(21)24/h4-10H,11-14H2,1,3H3. The van der Waals surface area contributed by atoms with E-state index in [1.165, 1.54) is 16.7 Å². The summed E-state index contributed by atoms with van der Waals surface area (Å²) in [5.74, 6) is 0.904. The summed E-state index contributed by atoms with van der Waals surface area (Å²) < 4.78 is 7.46. The first-order valence-corrected chi connectivity index (χ1v) is 10.0. The van der Waals surface area contributed by atoms with Gasteiger partial charge in [0.25, 0.3) is 5.66 Å². The molecular formula is C23H21ClN4O. The van der Waals surface area contributed by atoms with Gasteiger partial charge in [-0.05, 0) is 30.7 Å². The maximum absolute atomic E-state index is 8.05. The molecule has 1 atom stereocenters. The molecule has 3 aromatic rings. The number of nitrogens with zero attached hydrogens (tertiary/aromatic N) is 4. The van der Waals surface area contributed by atoms with Crippen LogP contribution in [-0.2, 0) is 25.9 Å². The van der Waals surface area contributed by atoms with Crippen molar-refractivity contribution in [2.45, 2.75) is 38.5 Å². The SMILES string of the molecule is [C-]#[N+]C1(N2Cc3cccc(OC)c3C2)Cc2nn(-c3ccccc3Cl)c(C)c2C1. The molecule has 1 aliphatic carbocycles. The molecule has 2 heterocycles. The summed E-state index contributed by atoms with van der Waals surface area (Å²) in [7, 11) is 1.70. The number of ether oxygens (including phenoxy) is 1.